The molecule has 0 aromatic carbocycles. The molecule has 8 nitrogen and oxygen atoms in total. The van der Waals surface area contributed by atoms with E-state index in [9.17, 15) is 10.1 Å². The van der Waals surface area contributed by atoms with Crippen LogP contribution < -0.4 is 0 Å². The summed E-state index contributed by atoms with van der Waals surface area (Å²) in [6.07, 6.45) is 1.39. The fourth-order valence-corrected chi connectivity index (χ4v) is 2.18. The zero-order valence-corrected chi connectivity index (χ0v) is 10.6. The van der Waals surface area contributed by atoms with Crippen LogP contribution in [-0.4, -0.2) is 46.2 Å². The van der Waals surface area contributed by atoms with E-state index in [1.54, 1.807) is 0 Å². The molecule has 0 amide bonds. The van der Waals surface area contributed by atoms with Crippen molar-refractivity contribution in [3.8, 4) is 0 Å². The number of halogens is 1. The minimum Gasteiger partial charge on any atom is -0.341 e. The molecule has 0 aliphatic carbocycles. The lowest BCUT2D eigenvalue weighted by atomic mass is 10.5. The molecule has 0 unspecified atom stereocenters. The van der Waals surface area contributed by atoms with Crippen molar-refractivity contribution >= 4 is 28.9 Å². The summed E-state index contributed by atoms with van der Waals surface area (Å²) in [5.74, 6) is -0.518. The van der Waals surface area contributed by atoms with Crippen LogP contribution in [0, 0.1) is 10.1 Å². The Kier molecular flexibility index (Phi) is 2.61. The molecule has 1 aromatic rings. The summed E-state index contributed by atoms with van der Waals surface area (Å²) in [5.41, 5.74) is 0. The molecule has 10 heteroatoms. The standard InChI is InChI=1S/C8H10ClN5O3S/c1-12-4-17-5-13(8(12)11-14(15)16)3-6-2-10-7(9)18-6/h2H,3-5H2,1H3/b11-8+/i4D2,5D2. The van der Waals surface area contributed by atoms with Crippen LogP contribution in [0.25, 0.3) is 0 Å². The fraction of sp³-hybridized carbons (Fsp3) is 0.500. The van der Waals surface area contributed by atoms with Crippen LogP contribution >= 0.6 is 22.9 Å². The van der Waals surface area contributed by atoms with Crippen LogP contribution in [0.1, 0.15) is 10.4 Å². The van der Waals surface area contributed by atoms with Gasteiger partial charge in [0.2, 0.25) is 0 Å². The first-order chi connectivity index (χ1) is 10.0. The van der Waals surface area contributed by atoms with Crippen molar-refractivity contribution in [2.75, 3.05) is 20.4 Å². The van der Waals surface area contributed by atoms with Crippen LogP contribution in [0.15, 0.2) is 11.3 Å². The molecule has 0 bridgehead atoms. The third kappa shape index (κ3) is 3.06. The molecule has 2 heterocycles. The van der Waals surface area contributed by atoms with Gasteiger partial charge in [-0.05, 0) is 0 Å². The lowest BCUT2D eigenvalue weighted by molar-refractivity contribution is -0.486. The lowest BCUT2D eigenvalue weighted by Gasteiger charge is -2.34. The topological polar surface area (TPSA) is 84.1 Å². The summed E-state index contributed by atoms with van der Waals surface area (Å²) in [4.78, 5) is 16.5. The summed E-state index contributed by atoms with van der Waals surface area (Å²) in [6.45, 7) is -5.42. The number of thiazole rings is 1. The highest BCUT2D eigenvalue weighted by Crippen LogP contribution is 2.20. The van der Waals surface area contributed by atoms with Crippen molar-refractivity contribution < 1.29 is 15.3 Å². The van der Waals surface area contributed by atoms with Gasteiger partial charge in [0, 0.05) is 18.1 Å². The molecule has 0 radical (unpaired) electrons. The van der Waals surface area contributed by atoms with Gasteiger partial charge in [0.15, 0.2) is 9.50 Å². The van der Waals surface area contributed by atoms with E-state index in [1.807, 2.05) is 0 Å². The van der Waals surface area contributed by atoms with Crippen LogP contribution in [-0.2, 0) is 11.3 Å². The van der Waals surface area contributed by atoms with Gasteiger partial charge in [-0.2, -0.15) is 0 Å². The van der Waals surface area contributed by atoms with Crippen molar-refractivity contribution in [3.05, 3.63) is 25.7 Å². The van der Waals surface area contributed by atoms with E-state index in [0.29, 0.717) is 4.88 Å². The molecular weight excluding hydrogens is 282 g/mol. The zero-order chi connectivity index (χ0) is 16.7. The van der Waals surface area contributed by atoms with Crippen LogP contribution in [0.3, 0.4) is 0 Å². The Bertz CT molecular complexity index is 627. The summed E-state index contributed by atoms with van der Waals surface area (Å²) in [6, 6.07) is 0. The van der Waals surface area contributed by atoms with Crippen LogP contribution in [0.2, 0.25) is 4.47 Å². The van der Waals surface area contributed by atoms with Gasteiger partial charge in [-0.3, -0.25) is 0 Å². The molecule has 2 rings (SSSR count). The summed E-state index contributed by atoms with van der Waals surface area (Å²) >= 11 is 6.76. The SMILES string of the molecule is [2H]C1([2H])OC([2H])([2H])N(Cc2cnc(Cl)s2)/C(=N/[N+](=O)[O-])N1C. The molecular formula is C8H10ClN5O3S. The first-order valence-electron chi connectivity index (χ1n) is 6.58. The van der Waals surface area contributed by atoms with E-state index in [-0.39, 0.29) is 11.0 Å². The number of guanidine groups is 1. The molecule has 1 aliphatic rings. The van der Waals surface area contributed by atoms with Crippen molar-refractivity contribution in [1.82, 2.24) is 14.8 Å². The number of hydrogen-bond donors (Lipinski definition) is 0. The van der Waals surface area contributed by atoms with E-state index in [2.05, 4.69) is 10.1 Å². The van der Waals surface area contributed by atoms with Gasteiger partial charge in [0.25, 0.3) is 5.96 Å². The molecule has 0 atom stereocenters. The van der Waals surface area contributed by atoms with Crippen molar-refractivity contribution in [2.45, 2.75) is 6.54 Å². The molecule has 0 saturated carbocycles. The normalized spacial score (nSPS) is 27.3. The van der Waals surface area contributed by atoms with Crippen molar-refractivity contribution in [1.29, 1.82) is 0 Å². The van der Waals surface area contributed by atoms with Gasteiger partial charge in [0.1, 0.15) is 18.5 Å². The van der Waals surface area contributed by atoms with Gasteiger partial charge < -0.3 is 14.5 Å². The Morgan fingerprint density at radius 3 is 3.22 bits per heavy atom. The average Bonchev–Trinajstić information content (AvgIpc) is 2.75. The van der Waals surface area contributed by atoms with E-state index in [0.717, 1.165) is 21.1 Å². The van der Waals surface area contributed by atoms with E-state index in [1.165, 1.54) is 13.2 Å². The quantitative estimate of drug-likeness (QED) is 0.611. The Morgan fingerprint density at radius 2 is 2.61 bits per heavy atom. The first kappa shape index (κ1) is 8.62. The molecule has 98 valence electrons. The zero-order valence-electron chi connectivity index (χ0n) is 13.0. The third-order valence-electron chi connectivity index (χ3n) is 1.89. The third-order valence-corrected chi connectivity index (χ3v) is 2.99. The lowest BCUT2D eigenvalue weighted by Crippen LogP contribution is -2.49. The largest absolute Gasteiger partial charge is 0.341 e. The second kappa shape index (κ2) is 5.46. The van der Waals surface area contributed by atoms with Gasteiger partial charge in [0.05, 0.1) is 12.0 Å². The van der Waals surface area contributed by atoms with E-state index >= 15 is 0 Å². The van der Waals surface area contributed by atoms with Gasteiger partial charge in [-0.1, -0.05) is 11.6 Å². The number of nitrogens with zero attached hydrogens (tertiary/aromatic N) is 5. The molecule has 1 aromatic heterocycles. The van der Waals surface area contributed by atoms with Crippen molar-refractivity contribution in [2.24, 2.45) is 5.10 Å². The highest BCUT2D eigenvalue weighted by atomic mass is 35.5. The molecule has 1 aliphatic heterocycles. The average molecular weight is 296 g/mol. The highest BCUT2D eigenvalue weighted by Gasteiger charge is 2.25. The Morgan fingerprint density at radius 1 is 1.83 bits per heavy atom. The molecule has 1 fully saturated rings. The molecule has 1 saturated heterocycles. The van der Waals surface area contributed by atoms with Crippen LogP contribution in [0.5, 0.6) is 0 Å². The number of hydrogen-bond acceptors (Lipinski definition) is 5. The number of nitro groups is 1. The number of rotatable bonds is 3. The molecule has 0 N–H and O–H groups in total. The molecule has 18 heavy (non-hydrogen) atoms. The summed E-state index contributed by atoms with van der Waals surface area (Å²) in [5, 5.41) is 12.7. The Hall–Kier alpha value is -1.45. The van der Waals surface area contributed by atoms with E-state index < -0.39 is 24.4 Å². The second-order valence-corrected chi connectivity index (χ2v) is 4.84. The number of hydrazone groups is 1. The first-order valence-corrected chi connectivity index (χ1v) is 5.77. The van der Waals surface area contributed by atoms with Gasteiger partial charge >= 0.3 is 0 Å². The van der Waals surface area contributed by atoms with Crippen molar-refractivity contribution in [3.63, 3.8) is 0 Å². The maximum atomic E-state index is 10.7. The predicted molar refractivity (Wildman–Crippen MR) is 65.7 cm³/mol. The Labute approximate surface area is 117 Å². The minimum atomic E-state index is -2.65. The Balaban J connectivity index is 2.43. The summed E-state index contributed by atoms with van der Waals surface area (Å²) < 4.78 is 35.8. The number of ether oxygens (including phenoxy) is 1. The second-order valence-electron chi connectivity index (χ2n) is 3.15. The minimum absolute atomic E-state index is 0.176. The fourth-order valence-electron chi connectivity index (χ4n) is 1.22. The number of aromatic nitrogens is 1. The molecule has 0 spiro atoms. The predicted octanol–water partition coefficient (Wildman–Crippen LogP) is 1.02. The van der Waals surface area contributed by atoms with Crippen LogP contribution in [0.4, 0.5) is 0 Å². The summed E-state index contributed by atoms with van der Waals surface area (Å²) in [7, 11) is 1.17. The smallest absolute Gasteiger partial charge is 0.277 e. The highest BCUT2D eigenvalue weighted by molar-refractivity contribution is 7.15. The maximum absolute atomic E-state index is 10.7. The monoisotopic (exact) mass is 295 g/mol. The van der Waals surface area contributed by atoms with Gasteiger partial charge in [-0.25, -0.2) is 15.1 Å². The van der Waals surface area contributed by atoms with Gasteiger partial charge in [-0.15, -0.1) is 11.3 Å². The maximum Gasteiger partial charge on any atom is 0.277 e. The van der Waals surface area contributed by atoms with E-state index in [4.69, 9.17) is 21.8 Å².